The molecule has 1 aliphatic heterocycles. The van der Waals surface area contributed by atoms with Crippen molar-refractivity contribution in [2.45, 2.75) is 17.7 Å². The van der Waals surface area contributed by atoms with Crippen molar-refractivity contribution in [1.82, 2.24) is 9.62 Å². The van der Waals surface area contributed by atoms with E-state index in [1.54, 1.807) is 0 Å². The second-order valence-corrected chi connectivity index (χ2v) is 7.40. The molecule has 0 aliphatic carbocycles. The Bertz CT molecular complexity index is 675. The first-order valence-electron chi connectivity index (χ1n) is 7.37. The number of hydrogen-bond donors (Lipinski definition) is 1. The molecule has 1 heterocycles. The minimum Gasteiger partial charge on any atom is -0.497 e. The van der Waals surface area contributed by atoms with E-state index in [0.29, 0.717) is 19.0 Å². The smallest absolute Gasteiger partial charge is 0.293 e. The Morgan fingerprint density at radius 2 is 2.00 bits per heavy atom. The van der Waals surface area contributed by atoms with Gasteiger partial charge in [-0.05, 0) is 44.5 Å². The Morgan fingerprint density at radius 1 is 1.38 bits per heavy atom. The molecule has 0 radical (unpaired) electrons. The molecule has 0 unspecified atom stereocenters. The predicted molar refractivity (Wildman–Crippen MR) is 92.3 cm³/mol. The molecule has 10 heteroatoms. The van der Waals surface area contributed by atoms with Gasteiger partial charge in [0.15, 0.2) is 4.90 Å². The first kappa shape index (κ1) is 20.6. The van der Waals surface area contributed by atoms with E-state index >= 15 is 0 Å². The number of sulfonamides is 1. The van der Waals surface area contributed by atoms with Crippen LogP contribution in [0.1, 0.15) is 12.8 Å². The van der Waals surface area contributed by atoms with E-state index in [1.807, 2.05) is 7.05 Å². The number of ether oxygens (including phenoxy) is 1. The summed E-state index contributed by atoms with van der Waals surface area (Å²) < 4.78 is 31.8. The van der Waals surface area contributed by atoms with Crippen LogP contribution in [0, 0.1) is 16.0 Å². The Balaban J connectivity index is 0.00000288. The molecule has 0 saturated carbocycles. The second-order valence-electron chi connectivity index (χ2n) is 5.50. The van der Waals surface area contributed by atoms with E-state index in [4.69, 9.17) is 4.74 Å². The van der Waals surface area contributed by atoms with Crippen molar-refractivity contribution in [2.24, 2.45) is 5.92 Å². The molecule has 1 fully saturated rings. The van der Waals surface area contributed by atoms with Crippen LogP contribution in [0.5, 0.6) is 5.75 Å². The minimum absolute atomic E-state index is 0. The molecule has 24 heavy (non-hydrogen) atoms. The summed E-state index contributed by atoms with van der Waals surface area (Å²) in [7, 11) is -0.646. The van der Waals surface area contributed by atoms with Crippen molar-refractivity contribution in [3.05, 3.63) is 28.3 Å². The van der Waals surface area contributed by atoms with Crippen LogP contribution in [0.15, 0.2) is 23.1 Å². The van der Waals surface area contributed by atoms with Gasteiger partial charge in [-0.1, -0.05) is 0 Å². The van der Waals surface area contributed by atoms with E-state index in [-0.39, 0.29) is 23.1 Å². The standard InChI is InChI=1S/C14H21N3O5S.ClH/c1-15-10-11-5-7-16(8-6-11)23(20,21)14-4-3-12(22-2)9-13(14)17(18)19;/h3-4,9,11,15H,5-8,10H2,1-2H3;1H. The number of halogens is 1. The Hall–Kier alpha value is -1.42. The third-order valence-electron chi connectivity index (χ3n) is 4.05. The first-order valence-corrected chi connectivity index (χ1v) is 8.81. The number of nitrogens with zero attached hydrogens (tertiary/aromatic N) is 2. The van der Waals surface area contributed by atoms with Crippen molar-refractivity contribution in [3.63, 3.8) is 0 Å². The van der Waals surface area contributed by atoms with Gasteiger partial charge < -0.3 is 10.1 Å². The molecule has 1 aliphatic rings. The lowest BCUT2D eigenvalue weighted by Gasteiger charge is -2.31. The SMILES string of the molecule is CNCC1CCN(S(=O)(=O)c2ccc(OC)cc2[N+](=O)[O-])CC1.Cl. The van der Waals surface area contributed by atoms with Gasteiger partial charge in [0.25, 0.3) is 5.69 Å². The number of hydrogen-bond acceptors (Lipinski definition) is 6. The number of nitro groups is 1. The summed E-state index contributed by atoms with van der Waals surface area (Å²) in [5.74, 6) is 0.681. The summed E-state index contributed by atoms with van der Waals surface area (Å²) in [6, 6.07) is 3.81. The molecule has 0 amide bonds. The number of benzene rings is 1. The molecule has 0 atom stereocenters. The van der Waals surface area contributed by atoms with Crippen molar-refractivity contribution >= 4 is 28.1 Å². The van der Waals surface area contributed by atoms with E-state index < -0.39 is 20.6 Å². The number of nitrogens with one attached hydrogen (secondary N) is 1. The van der Waals surface area contributed by atoms with Gasteiger partial charge in [-0.3, -0.25) is 10.1 Å². The van der Waals surface area contributed by atoms with Crippen LogP contribution in [0.3, 0.4) is 0 Å². The third-order valence-corrected chi connectivity index (χ3v) is 5.99. The molecule has 0 bridgehead atoms. The lowest BCUT2D eigenvalue weighted by molar-refractivity contribution is -0.387. The van der Waals surface area contributed by atoms with E-state index in [2.05, 4.69) is 5.32 Å². The number of nitro benzene ring substituents is 1. The topological polar surface area (TPSA) is 102 Å². The van der Waals surface area contributed by atoms with Crippen LogP contribution < -0.4 is 10.1 Å². The summed E-state index contributed by atoms with van der Waals surface area (Å²) in [5, 5.41) is 14.3. The van der Waals surface area contributed by atoms with Crippen LogP contribution in [-0.4, -0.2) is 51.4 Å². The van der Waals surface area contributed by atoms with Crippen LogP contribution in [-0.2, 0) is 10.0 Å². The predicted octanol–water partition coefficient (Wildman–Crippen LogP) is 1.65. The van der Waals surface area contributed by atoms with Gasteiger partial charge in [0.2, 0.25) is 10.0 Å². The Kier molecular flexibility index (Phi) is 7.40. The molecule has 2 rings (SSSR count). The average molecular weight is 380 g/mol. The number of piperidine rings is 1. The summed E-state index contributed by atoms with van der Waals surface area (Å²) in [4.78, 5) is 10.2. The van der Waals surface area contributed by atoms with Gasteiger partial charge in [0.05, 0.1) is 18.1 Å². The van der Waals surface area contributed by atoms with Crippen LogP contribution in [0.4, 0.5) is 5.69 Å². The highest BCUT2D eigenvalue weighted by molar-refractivity contribution is 7.89. The van der Waals surface area contributed by atoms with E-state index in [1.165, 1.54) is 23.5 Å². The van der Waals surface area contributed by atoms with Crippen molar-refractivity contribution in [1.29, 1.82) is 0 Å². The zero-order valence-corrected chi connectivity index (χ0v) is 15.2. The molecule has 8 nitrogen and oxygen atoms in total. The Labute approximate surface area is 147 Å². The Morgan fingerprint density at radius 3 is 2.50 bits per heavy atom. The van der Waals surface area contributed by atoms with E-state index in [0.717, 1.165) is 25.5 Å². The molecule has 1 aromatic rings. The lowest BCUT2D eigenvalue weighted by Crippen LogP contribution is -2.40. The zero-order chi connectivity index (χ0) is 17.0. The van der Waals surface area contributed by atoms with Gasteiger partial charge >= 0.3 is 0 Å². The number of methoxy groups -OCH3 is 1. The molecule has 1 aromatic carbocycles. The fourth-order valence-corrected chi connectivity index (χ4v) is 4.37. The van der Waals surface area contributed by atoms with Gasteiger partial charge in [-0.25, -0.2) is 8.42 Å². The summed E-state index contributed by atoms with van der Waals surface area (Å²) in [6.45, 7) is 1.59. The van der Waals surface area contributed by atoms with Crippen LogP contribution in [0.2, 0.25) is 0 Å². The lowest BCUT2D eigenvalue weighted by atomic mass is 9.98. The summed E-state index contributed by atoms with van der Waals surface area (Å²) in [5.41, 5.74) is -0.457. The maximum atomic E-state index is 12.7. The molecule has 1 N–H and O–H groups in total. The van der Waals surface area contributed by atoms with Gasteiger partial charge in [0.1, 0.15) is 5.75 Å². The second kappa shape index (κ2) is 8.61. The molecule has 0 spiro atoms. The number of rotatable bonds is 6. The van der Waals surface area contributed by atoms with Gasteiger partial charge in [0, 0.05) is 13.1 Å². The van der Waals surface area contributed by atoms with Crippen LogP contribution in [0.25, 0.3) is 0 Å². The fraction of sp³-hybridized carbons (Fsp3) is 0.571. The monoisotopic (exact) mass is 379 g/mol. The normalized spacial score (nSPS) is 16.4. The molecule has 136 valence electrons. The zero-order valence-electron chi connectivity index (χ0n) is 13.6. The van der Waals surface area contributed by atoms with Crippen molar-refractivity contribution in [2.75, 3.05) is 33.8 Å². The fourth-order valence-electron chi connectivity index (χ4n) is 2.77. The van der Waals surface area contributed by atoms with Crippen molar-refractivity contribution < 1.29 is 18.1 Å². The third kappa shape index (κ3) is 4.35. The molecular weight excluding hydrogens is 358 g/mol. The summed E-state index contributed by atoms with van der Waals surface area (Å²) in [6.07, 6.45) is 1.48. The van der Waals surface area contributed by atoms with Gasteiger partial charge in [-0.2, -0.15) is 4.31 Å². The quantitative estimate of drug-likeness (QED) is 0.595. The highest BCUT2D eigenvalue weighted by atomic mass is 35.5. The first-order chi connectivity index (χ1) is 10.9. The maximum Gasteiger partial charge on any atom is 0.293 e. The molecule has 0 aromatic heterocycles. The summed E-state index contributed by atoms with van der Waals surface area (Å²) >= 11 is 0. The van der Waals surface area contributed by atoms with E-state index in [9.17, 15) is 18.5 Å². The highest BCUT2D eigenvalue weighted by Gasteiger charge is 2.34. The van der Waals surface area contributed by atoms with Crippen molar-refractivity contribution in [3.8, 4) is 5.75 Å². The highest BCUT2D eigenvalue weighted by Crippen LogP contribution is 2.32. The molecule has 1 saturated heterocycles. The minimum atomic E-state index is -3.89. The largest absolute Gasteiger partial charge is 0.497 e. The maximum absolute atomic E-state index is 12.7. The van der Waals surface area contributed by atoms with Crippen LogP contribution >= 0.6 is 12.4 Å². The van der Waals surface area contributed by atoms with Gasteiger partial charge in [-0.15, -0.1) is 12.4 Å². The average Bonchev–Trinajstić information content (AvgIpc) is 2.55. The molecular formula is C14H22ClN3O5S.